The van der Waals surface area contributed by atoms with E-state index in [4.69, 9.17) is 9.84 Å². The second-order valence-corrected chi connectivity index (χ2v) is 10.6. The maximum atomic E-state index is 13.1. The Morgan fingerprint density at radius 1 is 0.903 bits per heavy atom. The molecule has 0 aromatic heterocycles. The van der Waals surface area contributed by atoms with Crippen molar-refractivity contribution in [3.8, 4) is 0 Å². The lowest BCUT2D eigenvalue weighted by atomic mass is 9.64. The number of carbonyl (C=O) groups is 2. The van der Waals surface area contributed by atoms with Crippen LogP contribution in [0.5, 0.6) is 0 Å². The van der Waals surface area contributed by atoms with Gasteiger partial charge in [-0.3, -0.25) is 9.59 Å². The summed E-state index contributed by atoms with van der Waals surface area (Å²) >= 11 is 0. The molecule has 3 aliphatic rings. The molecular weight excluding hydrogens is 408 g/mol. The number of rotatable bonds is 5. The molecule has 0 saturated heterocycles. The predicted octanol–water partition coefficient (Wildman–Crippen LogP) is -0.325. The van der Waals surface area contributed by atoms with E-state index in [0.717, 1.165) is 0 Å². The predicted molar refractivity (Wildman–Crippen MR) is 107 cm³/mol. The number of ketones is 2. The number of Topliss-reactive ketones (excluding diaryl/α,β-unsaturated/α-hetero) is 2. The van der Waals surface area contributed by atoms with E-state index >= 15 is 0 Å². The van der Waals surface area contributed by atoms with Crippen LogP contribution in [0.25, 0.3) is 0 Å². The Balaban J connectivity index is 2.17. The Kier molecular flexibility index (Phi) is 6.01. The van der Waals surface area contributed by atoms with Crippen LogP contribution in [0.2, 0.25) is 0 Å². The van der Waals surface area contributed by atoms with Crippen molar-refractivity contribution in [3.05, 3.63) is 22.7 Å². The third-order valence-electron chi connectivity index (χ3n) is 6.35. The molecule has 0 saturated carbocycles. The Morgan fingerprint density at radius 3 is 1.71 bits per heavy atom. The minimum atomic E-state index is -3.19. The van der Waals surface area contributed by atoms with Crippen molar-refractivity contribution in [1.29, 1.82) is 0 Å². The molecule has 3 rings (SSSR count). The van der Waals surface area contributed by atoms with Crippen LogP contribution in [0.15, 0.2) is 22.7 Å². The van der Waals surface area contributed by atoms with Gasteiger partial charge in [0, 0.05) is 36.8 Å². The van der Waals surface area contributed by atoms with Crippen molar-refractivity contribution in [1.82, 2.24) is 0 Å². The Morgan fingerprint density at radius 2 is 1.32 bits per heavy atom. The van der Waals surface area contributed by atoms with Gasteiger partial charge in [-0.05, 0) is 10.8 Å². The minimum absolute atomic E-state index is 0.0714. The lowest BCUT2D eigenvalue weighted by Gasteiger charge is -2.47. The Labute approximate surface area is 180 Å². The third-order valence-corrected chi connectivity index (χ3v) is 6.35. The lowest BCUT2D eigenvalue weighted by Crippen LogP contribution is -2.60. The first-order chi connectivity index (χ1) is 14.1. The van der Waals surface area contributed by atoms with E-state index in [-0.39, 0.29) is 35.5 Å². The zero-order chi connectivity index (χ0) is 23.5. The summed E-state index contributed by atoms with van der Waals surface area (Å²) in [4.78, 5) is 26.1. The van der Waals surface area contributed by atoms with Gasteiger partial charge in [0.25, 0.3) is 0 Å². The molecule has 2 aliphatic carbocycles. The molecular formula is C22H32O9. The molecule has 3 atom stereocenters. The molecule has 0 spiro atoms. The summed E-state index contributed by atoms with van der Waals surface area (Å²) in [6, 6.07) is 0. The molecule has 6 N–H and O–H groups in total. The Bertz CT molecular complexity index is 797. The summed E-state index contributed by atoms with van der Waals surface area (Å²) in [6.45, 7) is 6.54. The molecule has 1 heterocycles. The van der Waals surface area contributed by atoms with Crippen LogP contribution in [0.4, 0.5) is 0 Å². The largest absolute Gasteiger partial charge is 0.465 e. The lowest BCUT2D eigenvalue weighted by molar-refractivity contribution is -0.274. The second-order valence-electron chi connectivity index (χ2n) is 10.6. The van der Waals surface area contributed by atoms with Crippen LogP contribution in [-0.2, 0) is 14.3 Å². The molecule has 0 aromatic rings. The van der Waals surface area contributed by atoms with Gasteiger partial charge in [-0.15, -0.1) is 0 Å². The normalized spacial score (nSPS) is 26.8. The molecule has 9 nitrogen and oxygen atoms in total. The standard InChI is InChI=1S/C22H32O9/c1-20(2)5-10(24)15-13(7-20)31-14-8-21(3,4)6-11(25)16(14)17(15)22(29,30)19(28)18(27)12(26)9-23/h12,17-19,23,26-30H,5-9H2,1-4H3. The number of hydrogen-bond acceptors (Lipinski definition) is 9. The minimum Gasteiger partial charge on any atom is -0.465 e. The zero-order valence-electron chi connectivity index (χ0n) is 18.3. The smallest absolute Gasteiger partial charge is 0.203 e. The maximum absolute atomic E-state index is 13.1. The molecule has 0 amide bonds. The van der Waals surface area contributed by atoms with Crippen molar-refractivity contribution in [2.24, 2.45) is 16.7 Å². The topological polar surface area (TPSA) is 165 Å². The quantitative estimate of drug-likeness (QED) is 0.314. The second kappa shape index (κ2) is 7.75. The number of carbonyl (C=O) groups excluding carboxylic acids is 2. The highest BCUT2D eigenvalue weighted by molar-refractivity contribution is 6.05. The Hall–Kier alpha value is -1.62. The van der Waals surface area contributed by atoms with Gasteiger partial charge in [-0.1, -0.05) is 27.7 Å². The van der Waals surface area contributed by atoms with Gasteiger partial charge in [0.1, 0.15) is 29.8 Å². The van der Waals surface area contributed by atoms with E-state index in [1.807, 2.05) is 27.7 Å². The highest BCUT2D eigenvalue weighted by Gasteiger charge is 2.57. The van der Waals surface area contributed by atoms with Crippen LogP contribution in [0.3, 0.4) is 0 Å². The van der Waals surface area contributed by atoms with Crippen LogP contribution in [0, 0.1) is 16.7 Å². The van der Waals surface area contributed by atoms with Crippen molar-refractivity contribution in [3.63, 3.8) is 0 Å². The van der Waals surface area contributed by atoms with Crippen molar-refractivity contribution < 1.29 is 45.0 Å². The van der Waals surface area contributed by atoms with E-state index in [1.165, 1.54) is 0 Å². The molecule has 0 aromatic carbocycles. The molecule has 1 aliphatic heterocycles. The van der Waals surface area contributed by atoms with E-state index in [1.54, 1.807) is 0 Å². The number of allylic oxidation sites excluding steroid dienone is 2. The van der Waals surface area contributed by atoms with Gasteiger partial charge >= 0.3 is 0 Å². The summed E-state index contributed by atoms with van der Waals surface area (Å²) in [7, 11) is 0. The summed E-state index contributed by atoms with van der Waals surface area (Å²) in [6.07, 6.45) is -5.62. The van der Waals surface area contributed by atoms with Gasteiger partial charge in [0.2, 0.25) is 5.79 Å². The third kappa shape index (κ3) is 4.22. The zero-order valence-corrected chi connectivity index (χ0v) is 18.3. The molecule has 3 unspecified atom stereocenters. The van der Waals surface area contributed by atoms with Crippen LogP contribution in [0.1, 0.15) is 53.4 Å². The molecule has 0 fully saturated rings. The van der Waals surface area contributed by atoms with Gasteiger partial charge < -0.3 is 35.4 Å². The fraction of sp³-hybridized carbons (Fsp3) is 0.727. The van der Waals surface area contributed by atoms with Crippen LogP contribution >= 0.6 is 0 Å². The maximum Gasteiger partial charge on any atom is 0.203 e. The van der Waals surface area contributed by atoms with Crippen molar-refractivity contribution in [2.75, 3.05) is 6.61 Å². The average Bonchev–Trinajstić information content (AvgIpc) is 2.62. The number of ether oxygens (including phenoxy) is 1. The van der Waals surface area contributed by atoms with E-state index in [9.17, 15) is 35.1 Å². The fourth-order valence-corrected chi connectivity index (χ4v) is 4.84. The summed E-state index contributed by atoms with van der Waals surface area (Å²) in [5.41, 5.74) is -1.13. The van der Waals surface area contributed by atoms with Gasteiger partial charge in [0.15, 0.2) is 11.6 Å². The highest BCUT2D eigenvalue weighted by Crippen LogP contribution is 2.53. The van der Waals surface area contributed by atoms with Gasteiger partial charge in [-0.2, -0.15) is 0 Å². The van der Waals surface area contributed by atoms with E-state index in [0.29, 0.717) is 12.8 Å². The van der Waals surface area contributed by atoms with Gasteiger partial charge in [-0.25, -0.2) is 0 Å². The SMILES string of the molecule is CC1(C)CC(=O)C2=C(C1)OC1=C(C(=O)CC(C)(C)C1)C2C(O)(O)C(O)C(O)C(O)CO. The molecule has 174 valence electrons. The molecule has 31 heavy (non-hydrogen) atoms. The van der Waals surface area contributed by atoms with E-state index in [2.05, 4.69) is 0 Å². The molecule has 0 radical (unpaired) electrons. The summed E-state index contributed by atoms with van der Waals surface area (Å²) in [5, 5.41) is 61.5. The molecule has 0 bridgehead atoms. The summed E-state index contributed by atoms with van der Waals surface area (Å²) in [5.74, 6) is -5.31. The highest BCUT2D eigenvalue weighted by atomic mass is 16.5. The van der Waals surface area contributed by atoms with Crippen molar-refractivity contribution >= 4 is 11.6 Å². The van der Waals surface area contributed by atoms with Crippen LogP contribution < -0.4 is 0 Å². The number of aliphatic hydroxyl groups is 6. The monoisotopic (exact) mass is 440 g/mol. The van der Waals surface area contributed by atoms with Crippen LogP contribution in [-0.4, -0.2) is 72.9 Å². The van der Waals surface area contributed by atoms with Gasteiger partial charge in [0.05, 0.1) is 12.5 Å². The first-order valence-corrected chi connectivity index (χ1v) is 10.4. The fourth-order valence-electron chi connectivity index (χ4n) is 4.84. The summed E-state index contributed by atoms with van der Waals surface area (Å²) < 4.78 is 6.00. The molecule has 9 heteroatoms. The average molecular weight is 440 g/mol. The first-order valence-electron chi connectivity index (χ1n) is 10.4. The first kappa shape index (κ1) is 24.0. The number of aliphatic hydroxyl groups excluding tert-OH is 4. The van der Waals surface area contributed by atoms with E-state index < -0.39 is 59.0 Å². The number of hydrogen-bond donors (Lipinski definition) is 6. The van der Waals surface area contributed by atoms with Crippen molar-refractivity contribution in [2.45, 2.75) is 77.5 Å².